The summed E-state index contributed by atoms with van der Waals surface area (Å²) in [6, 6.07) is 1.07. The van der Waals surface area contributed by atoms with Crippen LogP contribution >= 0.6 is 15.9 Å². The van der Waals surface area contributed by atoms with Crippen molar-refractivity contribution in [2.75, 3.05) is 20.8 Å². The summed E-state index contributed by atoms with van der Waals surface area (Å²) >= 11 is 3.31. The molecule has 0 bridgehead atoms. The summed E-state index contributed by atoms with van der Waals surface area (Å²) in [7, 11) is 2.79. The lowest BCUT2D eigenvalue weighted by Gasteiger charge is -2.19. The topological polar surface area (TPSA) is 67.8 Å². The lowest BCUT2D eigenvalue weighted by Crippen LogP contribution is -2.18. The van der Waals surface area contributed by atoms with Crippen molar-refractivity contribution in [3.05, 3.63) is 21.9 Å². The number of benzene rings is 1. The number of carboxylic acid groups (broad SMARTS) is 1. The Morgan fingerprint density at radius 2 is 2.10 bits per heavy atom. The fourth-order valence-corrected chi connectivity index (χ4v) is 3.11. The van der Waals surface area contributed by atoms with Gasteiger partial charge in [0.15, 0.2) is 17.3 Å². The van der Waals surface area contributed by atoms with Gasteiger partial charge in [-0.05, 0) is 12.5 Å². The molecule has 2 atom stereocenters. The molecule has 1 fully saturated rings. The molecule has 1 saturated heterocycles. The van der Waals surface area contributed by atoms with Gasteiger partial charge in [0.2, 0.25) is 0 Å². The summed E-state index contributed by atoms with van der Waals surface area (Å²) in [6.07, 6.45) is 0.416. The molecule has 110 valence electrons. The van der Waals surface area contributed by atoms with Crippen molar-refractivity contribution >= 4 is 21.9 Å². The van der Waals surface area contributed by atoms with Crippen LogP contribution in [0, 0.1) is 11.7 Å². The quantitative estimate of drug-likeness (QED) is 0.874. The number of methoxy groups -OCH3 is 2. The van der Waals surface area contributed by atoms with Crippen LogP contribution in [0.15, 0.2) is 10.5 Å². The summed E-state index contributed by atoms with van der Waals surface area (Å²) in [4.78, 5) is 11.0. The maximum Gasteiger partial charge on any atom is 0.307 e. The first-order chi connectivity index (χ1) is 9.49. The predicted octanol–water partition coefficient (Wildman–Crippen LogP) is 2.34. The van der Waals surface area contributed by atoms with E-state index < -0.39 is 17.7 Å². The standard InChI is InChI=1S/C13H15BrFNO4/c1-19-11-8(15)4-7(14)10(12(11)20-2)9-3-6(5-16-9)13(17)18/h4,6,9,16H,3,5H2,1-2H3,(H,17,18). The molecule has 2 N–H and O–H groups in total. The number of aliphatic carboxylic acids is 1. The first-order valence-corrected chi connectivity index (χ1v) is 6.85. The molecular weight excluding hydrogens is 333 g/mol. The van der Waals surface area contributed by atoms with Gasteiger partial charge in [-0.25, -0.2) is 4.39 Å². The summed E-state index contributed by atoms with van der Waals surface area (Å²) in [5, 5.41) is 12.2. The van der Waals surface area contributed by atoms with Crippen molar-refractivity contribution in [3.8, 4) is 11.5 Å². The van der Waals surface area contributed by atoms with Crippen molar-refractivity contribution in [1.82, 2.24) is 5.32 Å². The van der Waals surface area contributed by atoms with Gasteiger partial charge in [-0.15, -0.1) is 0 Å². The fraction of sp³-hybridized carbons (Fsp3) is 0.462. The van der Waals surface area contributed by atoms with Gasteiger partial charge in [-0.1, -0.05) is 15.9 Å². The minimum absolute atomic E-state index is 0.0197. The molecule has 0 aromatic heterocycles. The maximum absolute atomic E-state index is 13.8. The van der Waals surface area contributed by atoms with E-state index in [9.17, 15) is 9.18 Å². The van der Waals surface area contributed by atoms with Gasteiger partial charge < -0.3 is 19.9 Å². The monoisotopic (exact) mass is 347 g/mol. The third kappa shape index (κ3) is 2.60. The highest BCUT2D eigenvalue weighted by Crippen LogP contribution is 2.44. The molecule has 0 amide bonds. The van der Waals surface area contributed by atoms with Gasteiger partial charge in [0.05, 0.1) is 20.1 Å². The Morgan fingerprint density at radius 3 is 2.60 bits per heavy atom. The van der Waals surface area contributed by atoms with E-state index in [1.807, 2.05) is 0 Å². The van der Waals surface area contributed by atoms with Crippen LogP contribution in [-0.2, 0) is 4.79 Å². The third-order valence-electron chi connectivity index (χ3n) is 3.42. The number of hydrogen-bond acceptors (Lipinski definition) is 4. The Hall–Kier alpha value is -1.34. The second-order valence-corrected chi connectivity index (χ2v) is 5.41. The van der Waals surface area contributed by atoms with E-state index in [4.69, 9.17) is 14.6 Å². The van der Waals surface area contributed by atoms with Crippen LogP contribution in [0.1, 0.15) is 18.0 Å². The zero-order chi connectivity index (χ0) is 14.9. The van der Waals surface area contributed by atoms with Crippen LogP contribution in [0.3, 0.4) is 0 Å². The zero-order valence-electron chi connectivity index (χ0n) is 11.1. The van der Waals surface area contributed by atoms with Gasteiger partial charge >= 0.3 is 5.97 Å². The second-order valence-electron chi connectivity index (χ2n) is 4.55. The number of rotatable bonds is 4. The van der Waals surface area contributed by atoms with Crippen molar-refractivity contribution in [2.24, 2.45) is 5.92 Å². The maximum atomic E-state index is 13.8. The smallest absolute Gasteiger partial charge is 0.307 e. The molecule has 1 aromatic rings. The predicted molar refractivity (Wildman–Crippen MR) is 73.7 cm³/mol. The van der Waals surface area contributed by atoms with Gasteiger partial charge in [0.1, 0.15) is 0 Å². The first kappa shape index (κ1) is 15.1. The highest BCUT2D eigenvalue weighted by molar-refractivity contribution is 9.10. The molecular formula is C13H15BrFNO4. The largest absolute Gasteiger partial charge is 0.492 e. The van der Waals surface area contributed by atoms with Crippen molar-refractivity contribution < 1.29 is 23.8 Å². The molecule has 20 heavy (non-hydrogen) atoms. The van der Waals surface area contributed by atoms with E-state index in [0.29, 0.717) is 23.0 Å². The third-order valence-corrected chi connectivity index (χ3v) is 4.07. The minimum atomic E-state index is -0.843. The molecule has 0 radical (unpaired) electrons. The van der Waals surface area contributed by atoms with E-state index in [-0.39, 0.29) is 17.5 Å². The summed E-state index contributed by atoms with van der Waals surface area (Å²) < 4.78 is 24.6. The van der Waals surface area contributed by atoms with Crippen molar-refractivity contribution in [3.63, 3.8) is 0 Å². The molecule has 5 nitrogen and oxygen atoms in total. The number of carbonyl (C=O) groups is 1. The lowest BCUT2D eigenvalue weighted by molar-refractivity contribution is -0.141. The summed E-state index contributed by atoms with van der Waals surface area (Å²) in [5.41, 5.74) is 0.675. The lowest BCUT2D eigenvalue weighted by atomic mass is 9.99. The van der Waals surface area contributed by atoms with Crippen molar-refractivity contribution in [1.29, 1.82) is 0 Å². The van der Waals surface area contributed by atoms with E-state index in [1.165, 1.54) is 20.3 Å². The first-order valence-electron chi connectivity index (χ1n) is 6.05. The molecule has 1 aromatic carbocycles. The Kier molecular flexibility index (Phi) is 4.49. The Morgan fingerprint density at radius 1 is 1.45 bits per heavy atom. The summed E-state index contributed by atoms with van der Waals surface area (Å²) in [6.45, 7) is 0.370. The zero-order valence-corrected chi connectivity index (χ0v) is 12.7. The van der Waals surface area contributed by atoms with Crippen LogP contribution in [0.5, 0.6) is 11.5 Å². The van der Waals surface area contributed by atoms with Crippen LogP contribution < -0.4 is 14.8 Å². The molecule has 1 aliphatic heterocycles. The highest BCUT2D eigenvalue weighted by Gasteiger charge is 2.34. The molecule has 1 heterocycles. The fourth-order valence-electron chi connectivity index (χ4n) is 2.46. The molecule has 0 aliphatic carbocycles. The highest BCUT2D eigenvalue weighted by atomic mass is 79.9. The van der Waals surface area contributed by atoms with Crippen molar-refractivity contribution in [2.45, 2.75) is 12.5 Å². The number of halogens is 2. The molecule has 2 rings (SSSR count). The Bertz CT molecular complexity index is 538. The number of nitrogens with one attached hydrogen (secondary N) is 1. The van der Waals surface area contributed by atoms with Gasteiger partial charge in [0.25, 0.3) is 0 Å². The Labute approximate surface area is 124 Å². The SMILES string of the molecule is COc1c(F)cc(Br)c(C2CC(C(=O)O)CN2)c1OC. The van der Waals surface area contributed by atoms with E-state index >= 15 is 0 Å². The molecule has 7 heteroatoms. The van der Waals surface area contributed by atoms with Crippen LogP contribution in [0.4, 0.5) is 4.39 Å². The van der Waals surface area contributed by atoms with Crippen LogP contribution in [0.2, 0.25) is 0 Å². The van der Waals surface area contributed by atoms with Gasteiger partial charge in [0, 0.05) is 22.6 Å². The molecule has 1 aliphatic rings. The summed E-state index contributed by atoms with van der Waals surface area (Å²) in [5.74, 6) is -1.54. The van der Waals surface area contributed by atoms with E-state index in [1.54, 1.807) is 0 Å². The molecule has 0 spiro atoms. The second kappa shape index (κ2) is 5.97. The Balaban J connectivity index is 2.44. The van der Waals surface area contributed by atoms with Crippen LogP contribution in [0.25, 0.3) is 0 Å². The number of hydrogen-bond donors (Lipinski definition) is 2. The van der Waals surface area contributed by atoms with E-state index in [2.05, 4.69) is 21.2 Å². The van der Waals surface area contributed by atoms with E-state index in [0.717, 1.165) is 0 Å². The van der Waals surface area contributed by atoms with Crippen LogP contribution in [-0.4, -0.2) is 31.8 Å². The normalized spacial score (nSPS) is 21.8. The number of carboxylic acids is 1. The van der Waals surface area contributed by atoms with Gasteiger partial charge in [-0.2, -0.15) is 0 Å². The van der Waals surface area contributed by atoms with Gasteiger partial charge in [-0.3, -0.25) is 4.79 Å². The average molecular weight is 348 g/mol. The molecule has 0 saturated carbocycles. The molecule has 2 unspecified atom stereocenters. The number of ether oxygens (including phenoxy) is 2. The average Bonchev–Trinajstić information content (AvgIpc) is 2.87. The minimum Gasteiger partial charge on any atom is -0.492 e.